The van der Waals surface area contributed by atoms with Gasteiger partial charge in [-0.2, -0.15) is 0 Å². The minimum Gasteiger partial charge on any atom is -0.493 e. The van der Waals surface area contributed by atoms with Crippen molar-refractivity contribution in [3.63, 3.8) is 0 Å². The molecular weight excluding hydrogens is 397 g/mol. The average molecular weight is 421 g/mol. The lowest BCUT2D eigenvalue weighted by molar-refractivity contribution is 0.171. The quantitative estimate of drug-likeness (QED) is 0.694. The Morgan fingerprint density at radius 2 is 1.71 bits per heavy atom. The van der Waals surface area contributed by atoms with Crippen LogP contribution in [0, 0.1) is 5.82 Å². The standard InChI is InChI=1S/C24H24FN3O3/c25-20-6-4-17(5-7-20)18-14-19(24(29)26-15-18)16-27-8-10-28(11-9-27)21-2-1-3-22-23(21)31-13-12-30-22/h1-7,14-15H,8-13,16H2,(H,26,29). The van der Waals surface area contributed by atoms with E-state index in [0.717, 1.165) is 60.1 Å². The maximum absolute atomic E-state index is 13.2. The highest BCUT2D eigenvalue weighted by atomic mass is 19.1. The van der Waals surface area contributed by atoms with Crippen LogP contribution in [0.4, 0.5) is 10.1 Å². The van der Waals surface area contributed by atoms with Crippen LogP contribution in [0.5, 0.6) is 17.4 Å². The molecule has 0 atom stereocenters. The number of rotatable bonds is 4. The summed E-state index contributed by atoms with van der Waals surface area (Å²) in [6.45, 7) is 5.17. The molecule has 3 heterocycles. The summed E-state index contributed by atoms with van der Waals surface area (Å²) in [6.07, 6.45) is 1.62. The second-order valence-electron chi connectivity index (χ2n) is 7.78. The van der Waals surface area contributed by atoms with Crippen LogP contribution >= 0.6 is 0 Å². The predicted octanol–water partition coefficient (Wildman–Crippen LogP) is 3.69. The SMILES string of the molecule is Oc1ncc(-c2ccc(F)cc2)cc1CN1CCN(c2cccc3c2OCCO3)CC1. The summed E-state index contributed by atoms with van der Waals surface area (Å²) in [5.41, 5.74) is 3.57. The lowest BCUT2D eigenvalue weighted by Crippen LogP contribution is -2.46. The topological polar surface area (TPSA) is 58.1 Å². The molecule has 7 heteroatoms. The Kier molecular flexibility index (Phi) is 5.34. The molecule has 0 saturated carbocycles. The number of aromatic nitrogens is 1. The molecule has 0 aliphatic carbocycles. The molecule has 6 nitrogen and oxygen atoms in total. The number of aromatic hydroxyl groups is 1. The van der Waals surface area contributed by atoms with Crippen LogP contribution in [0.15, 0.2) is 54.7 Å². The number of nitrogens with zero attached hydrogens (tertiary/aromatic N) is 3. The summed E-state index contributed by atoms with van der Waals surface area (Å²) >= 11 is 0. The maximum Gasteiger partial charge on any atom is 0.215 e. The van der Waals surface area contributed by atoms with Crippen molar-refractivity contribution in [2.45, 2.75) is 6.54 Å². The van der Waals surface area contributed by atoms with Gasteiger partial charge in [0.05, 0.1) is 5.69 Å². The van der Waals surface area contributed by atoms with Gasteiger partial charge in [-0.15, -0.1) is 0 Å². The van der Waals surface area contributed by atoms with Gasteiger partial charge >= 0.3 is 0 Å². The van der Waals surface area contributed by atoms with Crippen molar-refractivity contribution in [2.24, 2.45) is 0 Å². The van der Waals surface area contributed by atoms with E-state index in [4.69, 9.17) is 9.47 Å². The van der Waals surface area contributed by atoms with Gasteiger partial charge in [-0.3, -0.25) is 4.90 Å². The van der Waals surface area contributed by atoms with Gasteiger partial charge in [-0.25, -0.2) is 9.37 Å². The van der Waals surface area contributed by atoms with Crippen LogP contribution in [0.2, 0.25) is 0 Å². The van der Waals surface area contributed by atoms with E-state index in [1.54, 1.807) is 18.3 Å². The molecule has 31 heavy (non-hydrogen) atoms. The molecule has 1 aromatic heterocycles. The molecule has 1 fully saturated rings. The number of ether oxygens (including phenoxy) is 2. The molecule has 0 unspecified atom stereocenters. The van der Waals surface area contributed by atoms with Crippen LogP contribution < -0.4 is 14.4 Å². The van der Waals surface area contributed by atoms with Crippen molar-refractivity contribution < 1.29 is 19.0 Å². The van der Waals surface area contributed by atoms with E-state index in [-0.39, 0.29) is 11.7 Å². The molecular formula is C24H24FN3O3. The minimum absolute atomic E-state index is 0.0379. The molecule has 1 saturated heterocycles. The summed E-state index contributed by atoms with van der Waals surface area (Å²) in [6, 6.07) is 14.2. The zero-order valence-electron chi connectivity index (χ0n) is 17.1. The van der Waals surface area contributed by atoms with Gasteiger partial charge in [0.15, 0.2) is 11.5 Å². The zero-order chi connectivity index (χ0) is 21.2. The highest BCUT2D eigenvalue weighted by molar-refractivity contribution is 5.66. The van der Waals surface area contributed by atoms with Crippen molar-refractivity contribution in [3.05, 3.63) is 66.1 Å². The van der Waals surface area contributed by atoms with Crippen molar-refractivity contribution in [1.29, 1.82) is 0 Å². The molecule has 2 aliphatic heterocycles. The lowest BCUT2D eigenvalue weighted by atomic mass is 10.1. The van der Waals surface area contributed by atoms with Crippen molar-refractivity contribution in [2.75, 3.05) is 44.3 Å². The van der Waals surface area contributed by atoms with Gasteiger partial charge in [0.25, 0.3) is 0 Å². The summed E-state index contributed by atoms with van der Waals surface area (Å²) in [5.74, 6) is 1.40. The fraction of sp³-hybridized carbons (Fsp3) is 0.292. The molecule has 5 rings (SSSR count). The number of benzene rings is 2. The smallest absolute Gasteiger partial charge is 0.215 e. The van der Waals surface area contributed by atoms with Crippen molar-refractivity contribution in [3.8, 4) is 28.5 Å². The van der Waals surface area contributed by atoms with E-state index < -0.39 is 0 Å². The number of anilines is 1. The van der Waals surface area contributed by atoms with E-state index in [1.807, 2.05) is 18.2 Å². The zero-order valence-corrected chi connectivity index (χ0v) is 17.1. The molecule has 1 N–H and O–H groups in total. The summed E-state index contributed by atoms with van der Waals surface area (Å²) < 4.78 is 24.8. The van der Waals surface area contributed by atoms with Crippen molar-refractivity contribution in [1.82, 2.24) is 9.88 Å². The lowest BCUT2D eigenvalue weighted by Gasteiger charge is -2.37. The molecule has 0 amide bonds. The number of hydrogen-bond acceptors (Lipinski definition) is 6. The minimum atomic E-state index is -0.273. The largest absolute Gasteiger partial charge is 0.493 e. The molecule has 2 aliphatic rings. The Balaban J connectivity index is 1.27. The molecule has 0 radical (unpaired) electrons. The number of fused-ring (bicyclic) bond motifs is 1. The second kappa shape index (κ2) is 8.43. The molecule has 160 valence electrons. The van der Waals surface area contributed by atoms with E-state index >= 15 is 0 Å². The van der Waals surface area contributed by atoms with E-state index in [2.05, 4.69) is 20.9 Å². The maximum atomic E-state index is 13.2. The second-order valence-corrected chi connectivity index (χ2v) is 7.78. The Labute approximate surface area is 180 Å². The van der Waals surface area contributed by atoms with Gasteiger partial charge < -0.3 is 19.5 Å². The number of pyridine rings is 1. The van der Waals surface area contributed by atoms with E-state index in [1.165, 1.54) is 12.1 Å². The first-order valence-electron chi connectivity index (χ1n) is 10.5. The number of para-hydroxylation sites is 1. The first-order chi connectivity index (χ1) is 15.2. The van der Waals surface area contributed by atoms with Gasteiger partial charge in [0.2, 0.25) is 5.88 Å². The number of hydrogen-bond donors (Lipinski definition) is 1. The van der Waals surface area contributed by atoms with Gasteiger partial charge in [0, 0.05) is 50.0 Å². The predicted molar refractivity (Wildman–Crippen MR) is 116 cm³/mol. The van der Waals surface area contributed by atoms with Crippen LogP contribution in [-0.4, -0.2) is 54.4 Å². The van der Waals surface area contributed by atoms with Crippen LogP contribution in [0.3, 0.4) is 0 Å². The molecule has 3 aromatic rings. The molecule has 0 spiro atoms. The fourth-order valence-electron chi connectivity index (χ4n) is 4.11. The van der Waals surface area contributed by atoms with Crippen LogP contribution in [-0.2, 0) is 6.54 Å². The van der Waals surface area contributed by atoms with Gasteiger partial charge in [0.1, 0.15) is 19.0 Å². The first-order valence-corrected chi connectivity index (χ1v) is 10.5. The summed E-state index contributed by atoms with van der Waals surface area (Å²) in [4.78, 5) is 8.76. The molecule has 2 aromatic carbocycles. The summed E-state index contributed by atoms with van der Waals surface area (Å²) in [5, 5.41) is 10.3. The highest BCUT2D eigenvalue weighted by Gasteiger charge is 2.24. The van der Waals surface area contributed by atoms with Gasteiger partial charge in [-0.05, 0) is 35.9 Å². The third-order valence-electron chi connectivity index (χ3n) is 5.77. The normalized spacial score (nSPS) is 16.4. The Bertz CT molecular complexity index is 1070. The van der Waals surface area contributed by atoms with Crippen LogP contribution in [0.1, 0.15) is 5.56 Å². The monoisotopic (exact) mass is 421 g/mol. The Hall–Kier alpha value is -3.32. The van der Waals surface area contributed by atoms with Crippen molar-refractivity contribution >= 4 is 5.69 Å². The highest BCUT2D eigenvalue weighted by Crippen LogP contribution is 2.39. The van der Waals surface area contributed by atoms with E-state index in [0.29, 0.717) is 19.8 Å². The number of piperazine rings is 1. The Morgan fingerprint density at radius 1 is 0.935 bits per heavy atom. The van der Waals surface area contributed by atoms with E-state index in [9.17, 15) is 9.50 Å². The van der Waals surface area contributed by atoms with Gasteiger partial charge in [-0.1, -0.05) is 18.2 Å². The number of halogens is 1. The average Bonchev–Trinajstić information content (AvgIpc) is 2.81. The summed E-state index contributed by atoms with van der Waals surface area (Å²) in [7, 11) is 0. The van der Waals surface area contributed by atoms with Crippen LogP contribution in [0.25, 0.3) is 11.1 Å². The third kappa shape index (κ3) is 4.14. The first kappa shape index (κ1) is 19.6. The fourth-order valence-corrected chi connectivity index (χ4v) is 4.11. The third-order valence-corrected chi connectivity index (χ3v) is 5.77. The Morgan fingerprint density at radius 3 is 2.52 bits per heavy atom. The molecule has 0 bridgehead atoms.